The van der Waals surface area contributed by atoms with E-state index in [0.717, 1.165) is 21.9 Å². The summed E-state index contributed by atoms with van der Waals surface area (Å²) in [6, 6.07) is 12.3. The lowest BCUT2D eigenvalue weighted by molar-refractivity contribution is 0.405. The molecule has 1 N–H and O–H groups in total. The van der Waals surface area contributed by atoms with Crippen LogP contribution in [-0.4, -0.2) is 14.2 Å². The lowest BCUT2D eigenvalue weighted by Gasteiger charge is -2.22. The zero-order valence-electron chi connectivity index (χ0n) is 12.3. The Hall–Kier alpha value is -1.51. The SMILES string of the molecule is CNC(c1cc(C)ccc1OC)c1cccc(Cl)c1C. The summed E-state index contributed by atoms with van der Waals surface area (Å²) in [7, 11) is 3.65. The Bertz CT molecular complexity index is 610. The molecule has 1 atom stereocenters. The number of benzene rings is 2. The second kappa shape index (κ2) is 6.29. The zero-order valence-corrected chi connectivity index (χ0v) is 13.1. The molecular weight excluding hydrogens is 270 g/mol. The largest absolute Gasteiger partial charge is 0.496 e. The minimum atomic E-state index is 0.0588. The fraction of sp³-hybridized carbons (Fsp3) is 0.294. The highest BCUT2D eigenvalue weighted by Gasteiger charge is 2.19. The van der Waals surface area contributed by atoms with E-state index in [4.69, 9.17) is 16.3 Å². The standard InChI is InChI=1S/C17H20ClNO/c1-11-8-9-16(20-4)14(10-11)17(19-3)13-6-5-7-15(18)12(13)2/h5-10,17,19H,1-4H3. The fourth-order valence-corrected chi connectivity index (χ4v) is 2.68. The summed E-state index contributed by atoms with van der Waals surface area (Å²) in [6.45, 7) is 4.13. The van der Waals surface area contributed by atoms with E-state index in [1.165, 1.54) is 11.1 Å². The number of ether oxygens (including phenoxy) is 1. The first kappa shape index (κ1) is 14.9. The van der Waals surface area contributed by atoms with Crippen molar-refractivity contribution in [3.05, 3.63) is 63.7 Å². The molecule has 20 heavy (non-hydrogen) atoms. The van der Waals surface area contributed by atoms with Gasteiger partial charge in [0.1, 0.15) is 5.75 Å². The summed E-state index contributed by atoms with van der Waals surface area (Å²) >= 11 is 6.25. The summed E-state index contributed by atoms with van der Waals surface area (Å²) in [4.78, 5) is 0. The van der Waals surface area contributed by atoms with Crippen molar-refractivity contribution >= 4 is 11.6 Å². The Morgan fingerprint density at radius 2 is 1.85 bits per heavy atom. The summed E-state index contributed by atoms with van der Waals surface area (Å²) < 4.78 is 5.50. The lowest BCUT2D eigenvalue weighted by atomic mass is 9.93. The summed E-state index contributed by atoms with van der Waals surface area (Å²) in [5.41, 5.74) is 4.60. The van der Waals surface area contributed by atoms with Gasteiger partial charge in [-0.3, -0.25) is 0 Å². The molecule has 106 valence electrons. The highest BCUT2D eigenvalue weighted by atomic mass is 35.5. The number of aryl methyl sites for hydroxylation is 1. The maximum absolute atomic E-state index is 6.25. The number of hydrogen-bond acceptors (Lipinski definition) is 2. The molecule has 2 nitrogen and oxygen atoms in total. The first-order valence-corrected chi connectivity index (χ1v) is 7.03. The van der Waals surface area contributed by atoms with E-state index in [2.05, 4.69) is 30.4 Å². The molecule has 0 aliphatic heterocycles. The Kier molecular flexibility index (Phi) is 4.69. The van der Waals surface area contributed by atoms with Crippen LogP contribution in [0.25, 0.3) is 0 Å². The van der Waals surface area contributed by atoms with Crippen molar-refractivity contribution in [1.29, 1.82) is 0 Å². The van der Waals surface area contributed by atoms with E-state index in [9.17, 15) is 0 Å². The van der Waals surface area contributed by atoms with Gasteiger partial charge in [-0.2, -0.15) is 0 Å². The van der Waals surface area contributed by atoms with Crippen LogP contribution in [0.4, 0.5) is 0 Å². The van der Waals surface area contributed by atoms with Gasteiger partial charge < -0.3 is 10.1 Å². The first-order chi connectivity index (χ1) is 9.58. The monoisotopic (exact) mass is 289 g/mol. The van der Waals surface area contributed by atoms with Crippen LogP contribution in [0.3, 0.4) is 0 Å². The number of halogens is 1. The van der Waals surface area contributed by atoms with Crippen LogP contribution in [0.1, 0.15) is 28.3 Å². The number of hydrogen-bond donors (Lipinski definition) is 1. The van der Waals surface area contributed by atoms with Crippen LogP contribution in [-0.2, 0) is 0 Å². The van der Waals surface area contributed by atoms with Gasteiger partial charge in [0.2, 0.25) is 0 Å². The number of rotatable bonds is 4. The molecule has 0 bridgehead atoms. The van der Waals surface area contributed by atoms with E-state index in [1.54, 1.807) is 7.11 Å². The molecular formula is C17H20ClNO. The van der Waals surface area contributed by atoms with Gasteiger partial charge in [-0.25, -0.2) is 0 Å². The van der Waals surface area contributed by atoms with Crippen molar-refractivity contribution in [3.63, 3.8) is 0 Å². The molecule has 0 saturated heterocycles. The topological polar surface area (TPSA) is 21.3 Å². The van der Waals surface area contributed by atoms with Crippen molar-refractivity contribution in [2.24, 2.45) is 0 Å². The van der Waals surface area contributed by atoms with E-state index in [0.29, 0.717) is 0 Å². The Labute approximate surface area is 125 Å². The van der Waals surface area contributed by atoms with Gasteiger partial charge in [-0.1, -0.05) is 41.4 Å². The van der Waals surface area contributed by atoms with Crippen LogP contribution in [0.5, 0.6) is 5.75 Å². The molecule has 2 aromatic carbocycles. The third-order valence-electron chi connectivity index (χ3n) is 3.61. The minimum absolute atomic E-state index is 0.0588. The summed E-state index contributed by atoms with van der Waals surface area (Å²) in [5.74, 6) is 0.884. The maximum atomic E-state index is 6.25. The molecule has 2 aromatic rings. The third-order valence-corrected chi connectivity index (χ3v) is 4.01. The molecule has 0 amide bonds. The summed E-state index contributed by atoms with van der Waals surface area (Å²) in [6.07, 6.45) is 0. The number of nitrogens with one attached hydrogen (secondary N) is 1. The molecule has 0 radical (unpaired) electrons. The van der Waals surface area contributed by atoms with Gasteiger partial charge in [0.25, 0.3) is 0 Å². The molecule has 0 aromatic heterocycles. The average molecular weight is 290 g/mol. The molecule has 0 fully saturated rings. The van der Waals surface area contributed by atoms with Gasteiger partial charge in [0.15, 0.2) is 0 Å². The normalized spacial score (nSPS) is 12.2. The molecule has 1 unspecified atom stereocenters. The smallest absolute Gasteiger partial charge is 0.123 e. The molecule has 3 heteroatoms. The molecule has 0 saturated carbocycles. The van der Waals surface area contributed by atoms with Crippen molar-refractivity contribution < 1.29 is 4.74 Å². The molecule has 0 heterocycles. The van der Waals surface area contributed by atoms with Crippen LogP contribution < -0.4 is 10.1 Å². The average Bonchev–Trinajstić information content (AvgIpc) is 2.44. The van der Waals surface area contributed by atoms with Crippen molar-refractivity contribution in [3.8, 4) is 5.75 Å². The van der Waals surface area contributed by atoms with Crippen molar-refractivity contribution in [2.75, 3.05) is 14.2 Å². The Morgan fingerprint density at radius 1 is 1.10 bits per heavy atom. The predicted molar refractivity (Wildman–Crippen MR) is 84.8 cm³/mol. The van der Waals surface area contributed by atoms with Gasteiger partial charge in [-0.05, 0) is 44.2 Å². The molecule has 0 aliphatic carbocycles. The molecule has 0 aliphatic rings. The van der Waals surface area contributed by atoms with Gasteiger partial charge in [0, 0.05) is 10.6 Å². The Balaban J connectivity index is 2.58. The maximum Gasteiger partial charge on any atom is 0.123 e. The van der Waals surface area contributed by atoms with E-state index in [1.807, 2.05) is 32.2 Å². The van der Waals surface area contributed by atoms with E-state index < -0.39 is 0 Å². The number of methoxy groups -OCH3 is 1. The van der Waals surface area contributed by atoms with Gasteiger partial charge >= 0.3 is 0 Å². The molecule has 2 rings (SSSR count). The zero-order chi connectivity index (χ0) is 14.7. The summed E-state index contributed by atoms with van der Waals surface area (Å²) in [5, 5.41) is 4.15. The second-order valence-electron chi connectivity index (χ2n) is 4.92. The van der Waals surface area contributed by atoms with Crippen LogP contribution >= 0.6 is 11.6 Å². The quantitative estimate of drug-likeness (QED) is 0.907. The van der Waals surface area contributed by atoms with Crippen LogP contribution in [0, 0.1) is 13.8 Å². The van der Waals surface area contributed by atoms with Gasteiger partial charge in [0.05, 0.1) is 13.2 Å². The van der Waals surface area contributed by atoms with Crippen molar-refractivity contribution in [1.82, 2.24) is 5.32 Å². The van der Waals surface area contributed by atoms with Gasteiger partial charge in [-0.15, -0.1) is 0 Å². The molecule has 0 spiro atoms. The minimum Gasteiger partial charge on any atom is -0.496 e. The lowest BCUT2D eigenvalue weighted by Crippen LogP contribution is -2.19. The fourth-order valence-electron chi connectivity index (χ4n) is 2.49. The second-order valence-corrected chi connectivity index (χ2v) is 5.33. The Morgan fingerprint density at radius 3 is 2.50 bits per heavy atom. The first-order valence-electron chi connectivity index (χ1n) is 6.65. The highest BCUT2D eigenvalue weighted by Crippen LogP contribution is 2.33. The van der Waals surface area contributed by atoms with Crippen LogP contribution in [0.15, 0.2) is 36.4 Å². The van der Waals surface area contributed by atoms with Crippen molar-refractivity contribution in [2.45, 2.75) is 19.9 Å². The van der Waals surface area contributed by atoms with E-state index >= 15 is 0 Å². The van der Waals surface area contributed by atoms with E-state index in [-0.39, 0.29) is 6.04 Å². The highest BCUT2D eigenvalue weighted by molar-refractivity contribution is 6.31. The third kappa shape index (κ3) is 2.82. The van der Waals surface area contributed by atoms with Crippen LogP contribution in [0.2, 0.25) is 5.02 Å². The predicted octanol–water partition coefficient (Wildman–Crippen LogP) is 4.27.